The fourth-order valence-corrected chi connectivity index (χ4v) is 1.82. The molecule has 0 spiro atoms. The van der Waals surface area contributed by atoms with Crippen LogP contribution in [-0.2, 0) is 0 Å². The zero-order chi connectivity index (χ0) is 15.7. The molecule has 0 fully saturated rings. The SMILES string of the molecule is C=Cc1c(N)nc(-c2cc(F)c(Cl)cc2F)nc1C(=O)O. The number of carboxylic acid groups (broad SMARTS) is 1. The summed E-state index contributed by atoms with van der Waals surface area (Å²) in [6.07, 6.45) is 1.17. The molecule has 2 aromatic rings. The van der Waals surface area contributed by atoms with Crippen molar-refractivity contribution < 1.29 is 18.7 Å². The lowest BCUT2D eigenvalue weighted by Gasteiger charge is -2.09. The molecule has 3 N–H and O–H groups in total. The maximum Gasteiger partial charge on any atom is 0.355 e. The first kappa shape index (κ1) is 14.9. The molecule has 0 aliphatic heterocycles. The summed E-state index contributed by atoms with van der Waals surface area (Å²) in [5.74, 6) is -3.75. The highest BCUT2D eigenvalue weighted by Gasteiger charge is 2.19. The van der Waals surface area contributed by atoms with E-state index in [-0.39, 0.29) is 22.8 Å². The van der Waals surface area contributed by atoms with Crippen LogP contribution in [-0.4, -0.2) is 21.0 Å². The Morgan fingerprint density at radius 2 is 2.00 bits per heavy atom. The molecule has 2 rings (SSSR count). The number of nitrogens with zero attached hydrogens (tertiary/aromatic N) is 2. The highest BCUT2D eigenvalue weighted by Crippen LogP contribution is 2.27. The van der Waals surface area contributed by atoms with Crippen molar-refractivity contribution in [1.29, 1.82) is 0 Å². The number of nitrogens with two attached hydrogens (primary N) is 1. The van der Waals surface area contributed by atoms with Crippen LogP contribution >= 0.6 is 11.6 Å². The van der Waals surface area contributed by atoms with Crippen molar-refractivity contribution in [3.8, 4) is 11.4 Å². The van der Waals surface area contributed by atoms with E-state index in [1.165, 1.54) is 6.08 Å². The van der Waals surface area contributed by atoms with E-state index >= 15 is 0 Å². The third kappa shape index (κ3) is 2.68. The molecule has 0 saturated heterocycles. The molecule has 0 bridgehead atoms. The quantitative estimate of drug-likeness (QED) is 0.851. The highest BCUT2D eigenvalue weighted by atomic mass is 35.5. The molecule has 108 valence electrons. The van der Waals surface area contributed by atoms with Gasteiger partial charge in [-0.1, -0.05) is 24.3 Å². The van der Waals surface area contributed by atoms with Crippen molar-refractivity contribution in [2.75, 3.05) is 5.73 Å². The van der Waals surface area contributed by atoms with Crippen molar-refractivity contribution >= 4 is 29.5 Å². The molecule has 1 aromatic carbocycles. The van der Waals surface area contributed by atoms with Gasteiger partial charge in [0.1, 0.15) is 17.5 Å². The van der Waals surface area contributed by atoms with Gasteiger partial charge in [-0.05, 0) is 12.1 Å². The van der Waals surface area contributed by atoms with E-state index in [1.807, 2.05) is 0 Å². The van der Waals surface area contributed by atoms with E-state index in [9.17, 15) is 13.6 Å². The molecule has 0 atom stereocenters. The van der Waals surface area contributed by atoms with Gasteiger partial charge in [0.15, 0.2) is 11.5 Å². The lowest BCUT2D eigenvalue weighted by Crippen LogP contribution is -2.10. The van der Waals surface area contributed by atoms with E-state index in [0.29, 0.717) is 0 Å². The first-order valence-electron chi connectivity index (χ1n) is 5.53. The van der Waals surface area contributed by atoms with Gasteiger partial charge in [0, 0.05) is 5.56 Å². The van der Waals surface area contributed by atoms with E-state index in [2.05, 4.69) is 16.5 Å². The Balaban J connectivity index is 2.74. The average Bonchev–Trinajstić information content (AvgIpc) is 2.41. The van der Waals surface area contributed by atoms with Crippen molar-refractivity contribution in [3.05, 3.63) is 46.6 Å². The second-order valence-corrected chi connectivity index (χ2v) is 4.36. The summed E-state index contributed by atoms with van der Waals surface area (Å²) in [6.45, 7) is 3.41. The van der Waals surface area contributed by atoms with E-state index in [4.69, 9.17) is 22.4 Å². The van der Waals surface area contributed by atoms with Gasteiger partial charge in [0.25, 0.3) is 0 Å². The van der Waals surface area contributed by atoms with E-state index < -0.39 is 28.3 Å². The van der Waals surface area contributed by atoms with Crippen molar-refractivity contribution in [3.63, 3.8) is 0 Å². The lowest BCUT2D eigenvalue weighted by atomic mass is 10.1. The van der Waals surface area contributed by atoms with Crippen LogP contribution in [0.5, 0.6) is 0 Å². The Morgan fingerprint density at radius 1 is 1.33 bits per heavy atom. The maximum atomic E-state index is 13.8. The van der Waals surface area contributed by atoms with Gasteiger partial charge in [-0.3, -0.25) is 0 Å². The van der Waals surface area contributed by atoms with Gasteiger partial charge in [-0.15, -0.1) is 0 Å². The second kappa shape index (κ2) is 5.45. The zero-order valence-corrected chi connectivity index (χ0v) is 11.2. The topological polar surface area (TPSA) is 89.1 Å². The molecule has 5 nitrogen and oxygen atoms in total. The van der Waals surface area contributed by atoms with E-state index in [1.54, 1.807) is 0 Å². The molecule has 0 aliphatic rings. The molecule has 0 aliphatic carbocycles. The minimum absolute atomic E-state index is 0.00101. The number of carbonyl (C=O) groups is 1. The molecule has 1 aromatic heterocycles. The summed E-state index contributed by atoms with van der Waals surface area (Å²) < 4.78 is 27.3. The van der Waals surface area contributed by atoms with Crippen LogP contribution in [0, 0.1) is 11.6 Å². The monoisotopic (exact) mass is 311 g/mol. The second-order valence-electron chi connectivity index (χ2n) is 3.95. The Hall–Kier alpha value is -2.54. The van der Waals surface area contributed by atoms with Gasteiger partial charge in [-0.25, -0.2) is 23.5 Å². The van der Waals surface area contributed by atoms with Crippen molar-refractivity contribution in [1.82, 2.24) is 9.97 Å². The Kier molecular flexibility index (Phi) is 3.86. The van der Waals surface area contributed by atoms with Crippen LogP contribution in [0.15, 0.2) is 18.7 Å². The summed E-state index contributed by atoms with van der Waals surface area (Å²) in [5.41, 5.74) is 4.80. The fourth-order valence-electron chi connectivity index (χ4n) is 1.67. The number of rotatable bonds is 3. The maximum absolute atomic E-state index is 13.8. The molecular weight excluding hydrogens is 304 g/mol. The van der Waals surface area contributed by atoms with Crippen LogP contribution in [0.25, 0.3) is 17.5 Å². The molecule has 0 unspecified atom stereocenters. The fraction of sp³-hybridized carbons (Fsp3) is 0. The van der Waals surface area contributed by atoms with Gasteiger partial charge >= 0.3 is 5.97 Å². The Bertz CT molecular complexity index is 766. The van der Waals surface area contributed by atoms with Crippen LogP contribution < -0.4 is 5.73 Å². The van der Waals surface area contributed by atoms with Crippen molar-refractivity contribution in [2.45, 2.75) is 0 Å². The van der Waals surface area contributed by atoms with E-state index in [0.717, 1.165) is 12.1 Å². The normalized spacial score (nSPS) is 10.4. The lowest BCUT2D eigenvalue weighted by molar-refractivity contribution is 0.0690. The first-order valence-corrected chi connectivity index (χ1v) is 5.91. The number of hydrogen-bond donors (Lipinski definition) is 2. The first-order chi connectivity index (χ1) is 9.85. The third-order valence-electron chi connectivity index (χ3n) is 2.63. The molecule has 0 amide bonds. The summed E-state index contributed by atoms with van der Waals surface area (Å²) in [6, 6.07) is 1.51. The number of benzene rings is 1. The minimum atomic E-state index is -1.39. The van der Waals surface area contributed by atoms with Crippen LogP contribution in [0.1, 0.15) is 16.1 Å². The predicted octanol–water partition coefficient (Wildman–Crippen LogP) is 3.00. The number of aromatic carboxylic acids is 1. The molecule has 0 radical (unpaired) electrons. The number of nitrogen functional groups attached to an aromatic ring is 1. The summed E-state index contributed by atoms with van der Waals surface area (Å²) in [5, 5.41) is 8.67. The Morgan fingerprint density at radius 3 is 2.57 bits per heavy atom. The van der Waals surface area contributed by atoms with Gasteiger partial charge in [-0.2, -0.15) is 0 Å². The number of hydrogen-bond acceptors (Lipinski definition) is 4. The zero-order valence-electron chi connectivity index (χ0n) is 10.4. The number of halogens is 3. The van der Waals surface area contributed by atoms with Crippen LogP contribution in [0.4, 0.5) is 14.6 Å². The predicted molar refractivity (Wildman–Crippen MR) is 73.9 cm³/mol. The minimum Gasteiger partial charge on any atom is -0.476 e. The molecule has 1 heterocycles. The summed E-state index contributed by atoms with van der Waals surface area (Å²) >= 11 is 5.45. The molecule has 0 saturated carbocycles. The van der Waals surface area contributed by atoms with Crippen molar-refractivity contribution in [2.24, 2.45) is 0 Å². The Labute approximate surface area is 122 Å². The largest absolute Gasteiger partial charge is 0.476 e. The van der Waals surface area contributed by atoms with Gasteiger partial charge in [0.2, 0.25) is 0 Å². The smallest absolute Gasteiger partial charge is 0.355 e. The standard InChI is InChI=1S/C13H8ClF2N3O2/c1-2-5-10(13(20)21)18-12(19-11(5)17)6-3-9(16)7(14)4-8(6)15/h2-4H,1H2,(H,20,21)(H2,17,18,19). The molecular formula is C13H8ClF2N3O2. The van der Waals surface area contributed by atoms with Gasteiger partial charge < -0.3 is 10.8 Å². The van der Waals surface area contributed by atoms with Gasteiger partial charge in [0.05, 0.1) is 10.6 Å². The third-order valence-corrected chi connectivity index (χ3v) is 2.92. The van der Waals surface area contributed by atoms with Crippen LogP contribution in [0.2, 0.25) is 5.02 Å². The number of aromatic nitrogens is 2. The highest BCUT2D eigenvalue weighted by molar-refractivity contribution is 6.30. The number of anilines is 1. The summed E-state index contributed by atoms with van der Waals surface area (Å²) in [4.78, 5) is 18.6. The number of carboxylic acids is 1. The molecule has 21 heavy (non-hydrogen) atoms. The van der Waals surface area contributed by atoms with Crippen LogP contribution in [0.3, 0.4) is 0 Å². The summed E-state index contributed by atoms with van der Waals surface area (Å²) in [7, 11) is 0. The molecule has 8 heteroatoms. The average molecular weight is 312 g/mol.